The standard InChI is InChI=1S/C22H46N2O2/c1-2-3-4-5-6-7-8-9-10-11-12-13-14-15-16-19-22(25)24-20-17-18-21-26-23/h2-21,23H2,1H3,(H,24,25). The van der Waals surface area contributed by atoms with Gasteiger partial charge < -0.3 is 10.2 Å². The Labute approximate surface area is 163 Å². The van der Waals surface area contributed by atoms with Crippen LogP contribution >= 0.6 is 0 Å². The molecular formula is C22H46N2O2. The maximum absolute atomic E-state index is 11.6. The van der Waals surface area contributed by atoms with E-state index in [0.717, 1.165) is 25.8 Å². The lowest BCUT2D eigenvalue weighted by molar-refractivity contribution is -0.121. The highest BCUT2D eigenvalue weighted by Gasteiger charge is 2.00. The third-order valence-corrected chi connectivity index (χ3v) is 5.02. The first-order valence-corrected chi connectivity index (χ1v) is 11.4. The number of hydrogen-bond donors (Lipinski definition) is 2. The number of nitrogens with one attached hydrogen (secondary N) is 1. The minimum Gasteiger partial charge on any atom is -0.356 e. The first-order valence-electron chi connectivity index (χ1n) is 11.4. The van der Waals surface area contributed by atoms with Gasteiger partial charge in [-0.05, 0) is 19.3 Å². The van der Waals surface area contributed by atoms with Crippen LogP contribution in [0.5, 0.6) is 0 Å². The van der Waals surface area contributed by atoms with Crippen LogP contribution in [0, 0.1) is 0 Å². The fourth-order valence-electron chi connectivity index (χ4n) is 3.28. The molecule has 0 spiro atoms. The molecule has 3 N–H and O–H groups in total. The molecule has 0 radical (unpaired) electrons. The summed E-state index contributed by atoms with van der Waals surface area (Å²) < 4.78 is 0. The molecule has 156 valence electrons. The van der Waals surface area contributed by atoms with Crippen molar-refractivity contribution in [1.82, 2.24) is 5.32 Å². The van der Waals surface area contributed by atoms with Gasteiger partial charge in [-0.15, -0.1) is 0 Å². The molecule has 0 bridgehead atoms. The number of unbranched alkanes of at least 4 members (excludes halogenated alkanes) is 15. The Balaban J connectivity index is 3.09. The van der Waals surface area contributed by atoms with E-state index < -0.39 is 0 Å². The molecule has 0 unspecified atom stereocenters. The minimum absolute atomic E-state index is 0.188. The number of nitrogens with two attached hydrogens (primary N) is 1. The van der Waals surface area contributed by atoms with Crippen LogP contribution in [0.15, 0.2) is 0 Å². The molecule has 4 nitrogen and oxygen atoms in total. The minimum atomic E-state index is 0.188. The van der Waals surface area contributed by atoms with Crippen molar-refractivity contribution in [2.24, 2.45) is 5.90 Å². The summed E-state index contributed by atoms with van der Waals surface area (Å²) >= 11 is 0. The van der Waals surface area contributed by atoms with Crippen molar-refractivity contribution in [3.05, 3.63) is 0 Å². The molecule has 0 aromatic heterocycles. The summed E-state index contributed by atoms with van der Waals surface area (Å²) in [5.41, 5.74) is 0. The smallest absolute Gasteiger partial charge is 0.219 e. The second kappa shape index (κ2) is 22.4. The van der Waals surface area contributed by atoms with Gasteiger partial charge in [-0.3, -0.25) is 4.79 Å². The van der Waals surface area contributed by atoms with Gasteiger partial charge in [0, 0.05) is 13.0 Å². The zero-order valence-corrected chi connectivity index (χ0v) is 17.5. The van der Waals surface area contributed by atoms with Crippen molar-refractivity contribution in [2.45, 2.75) is 122 Å². The lowest BCUT2D eigenvalue weighted by atomic mass is 10.0. The SMILES string of the molecule is CCCCCCCCCCCCCCCCCC(=O)NCCCCON. The van der Waals surface area contributed by atoms with Crippen LogP contribution in [0.3, 0.4) is 0 Å². The monoisotopic (exact) mass is 370 g/mol. The van der Waals surface area contributed by atoms with Gasteiger partial charge in [0.2, 0.25) is 5.91 Å². The van der Waals surface area contributed by atoms with E-state index in [1.54, 1.807) is 0 Å². The van der Waals surface area contributed by atoms with Gasteiger partial charge in [-0.2, -0.15) is 0 Å². The molecule has 0 aliphatic heterocycles. The predicted molar refractivity (Wildman–Crippen MR) is 112 cm³/mol. The fraction of sp³-hybridized carbons (Fsp3) is 0.955. The molecule has 0 aromatic rings. The Morgan fingerprint density at radius 2 is 1.15 bits per heavy atom. The van der Waals surface area contributed by atoms with Crippen LogP contribution in [0.25, 0.3) is 0 Å². The Hall–Kier alpha value is -0.610. The molecule has 0 atom stereocenters. The van der Waals surface area contributed by atoms with Gasteiger partial charge in [-0.25, -0.2) is 5.90 Å². The molecular weight excluding hydrogens is 324 g/mol. The van der Waals surface area contributed by atoms with Crippen LogP contribution < -0.4 is 11.2 Å². The zero-order valence-electron chi connectivity index (χ0n) is 17.5. The first-order chi connectivity index (χ1) is 12.8. The Morgan fingerprint density at radius 1 is 0.692 bits per heavy atom. The van der Waals surface area contributed by atoms with Crippen molar-refractivity contribution >= 4 is 5.91 Å². The maximum Gasteiger partial charge on any atom is 0.219 e. The molecule has 0 aromatic carbocycles. The molecule has 0 saturated carbocycles. The molecule has 4 heteroatoms. The van der Waals surface area contributed by atoms with Crippen LogP contribution in [-0.2, 0) is 9.63 Å². The summed E-state index contributed by atoms with van der Waals surface area (Å²) in [4.78, 5) is 16.1. The third-order valence-electron chi connectivity index (χ3n) is 5.02. The largest absolute Gasteiger partial charge is 0.356 e. The van der Waals surface area contributed by atoms with Crippen molar-refractivity contribution < 1.29 is 9.63 Å². The van der Waals surface area contributed by atoms with Gasteiger partial charge in [-0.1, -0.05) is 96.8 Å². The molecule has 0 aliphatic rings. The van der Waals surface area contributed by atoms with Gasteiger partial charge in [0.25, 0.3) is 0 Å². The van der Waals surface area contributed by atoms with Crippen molar-refractivity contribution in [2.75, 3.05) is 13.2 Å². The summed E-state index contributed by atoms with van der Waals surface area (Å²) in [5, 5.41) is 2.96. The molecule has 1 amide bonds. The van der Waals surface area contributed by atoms with Crippen LogP contribution in [0.1, 0.15) is 122 Å². The highest BCUT2D eigenvalue weighted by molar-refractivity contribution is 5.75. The predicted octanol–water partition coefficient (Wildman–Crippen LogP) is 6.03. The van der Waals surface area contributed by atoms with Crippen molar-refractivity contribution in [3.8, 4) is 0 Å². The lowest BCUT2D eigenvalue weighted by Gasteiger charge is -2.05. The quantitative estimate of drug-likeness (QED) is 0.191. The first kappa shape index (κ1) is 25.4. The van der Waals surface area contributed by atoms with E-state index in [4.69, 9.17) is 5.90 Å². The third kappa shape index (κ3) is 21.4. The van der Waals surface area contributed by atoms with Crippen molar-refractivity contribution in [1.29, 1.82) is 0 Å². The number of amides is 1. The van der Waals surface area contributed by atoms with E-state index in [1.807, 2.05) is 0 Å². The summed E-state index contributed by atoms with van der Waals surface area (Å²) in [6, 6.07) is 0. The molecule has 26 heavy (non-hydrogen) atoms. The van der Waals surface area contributed by atoms with Gasteiger partial charge in [0.1, 0.15) is 0 Å². The van der Waals surface area contributed by atoms with Gasteiger partial charge >= 0.3 is 0 Å². The molecule has 0 fully saturated rings. The van der Waals surface area contributed by atoms with Crippen molar-refractivity contribution in [3.63, 3.8) is 0 Å². The molecule has 0 heterocycles. The van der Waals surface area contributed by atoms with Crippen LogP contribution in [0.4, 0.5) is 0 Å². The fourth-order valence-corrected chi connectivity index (χ4v) is 3.28. The maximum atomic E-state index is 11.6. The second-order valence-corrected chi connectivity index (χ2v) is 7.63. The van der Waals surface area contributed by atoms with Gasteiger partial charge in [0.15, 0.2) is 0 Å². The van der Waals surface area contributed by atoms with Crippen LogP contribution in [-0.4, -0.2) is 19.1 Å². The summed E-state index contributed by atoms with van der Waals surface area (Å²) in [6.07, 6.45) is 22.9. The average molecular weight is 371 g/mol. The summed E-state index contributed by atoms with van der Waals surface area (Å²) in [7, 11) is 0. The highest BCUT2D eigenvalue weighted by Crippen LogP contribution is 2.13. The normalized spacial score (nSPS) is 11.0. The molecule has 0 saturated heterocycles. The summed E-state index contributed by atoms with van der Waals surface area (Å²) in [6.45, 7) is 3.58. The van der Waals surface area contributed by atoms with Crippen LogP contribution in [0.2, 0.25) is 0 Å². The second-order valence-electron chi connectivity index (χ2n) is 7.63. The van der Waals surface area contributed by atoms with E-state index in [2.05, 4.69) is 17.1 Å². The van der Waals surface area contributed by atoms with Gasteiger partial charge in [0.05, 0.1) is 6.61 Å². The number of carbonyl (C=O) groups is 1. The Kier molecular flexibility index (Phi) is 21.9. The zero-order chi connectivity index (χ0) is 19.1. The average Bonchev–Trinajstić information content (AvgIpc) is 2.64. The molecule has 0 rings (SSSR count). The number of hydrogen-bond acceptors (Lipinski definition) is 3. The van der Waals surface area contributed by atoms with E-state index in [0.29, 0.717) is 13.0 Å². The van der Waals surface area contributed by atoms with E-state index >= 15 is 0 Å². The topological polar surface area (TPSA) is 64.3 Å². The number of rotatable bonds is 21. The highest BCUT2D eigenvalue weighted by atomic mass is 16.6. The lowest BCUT2D eigenvalue weighted by Crippen LogP contribution is -2.24. The molecule has 0 aliphatic carbocycles. The van der Waals surface area contributed by atoms with E-state index in [9.17, 15) is 4.79 Å². The Bertz CT molecular complexity index is 285. The summed E-state index contributed by atoms with van der Waals surface area (Å²) in [5.74, 6) is 5.14. The Morgan fingerprint density at radius 3 is 1.62 bits per heavy atom. The number of carbonyl (C=O) groups excluding carboxylic acids is 1. The van der Waals surface area contributed by atoms with E-state index in [1.165, 1.54) is 89.9 Å². The van der Waals surface area contributed by atoms with E-state index in [-0.39, 0.29) is 5.91 Å².